The summed E-state index contributed by atoms with van der Waals surface area (Å²) in [4.78, 5) is 15.5. The highest BCUT2D eigenvalue weighted by atomic mass is 35.5. The summed E-state index contributed by atoms with van der Waals surface area (Å²) in [7, 11) is 0. The minimum absolute atomic E-state index is 0.0719. The molecule has 5 aromatic rings. The van der Waals surface area contributed by atoms with Crippen LogP contribution in [-0.2, 0) is 4.74 Å². The maximum atomic E-state index is 7.08. The standard InChI is InChI=1S/C29H30ClN5O2S2/c1-29(2,3)37-26-23-16-10-11-31-24(25(16)39-27(23)34-28(33-26)38-4)22-17-14-32-35(20-7-5-6-12-36-20)19(17)13-18(30)21(22)15-8-9-15/h10-11,13-15,20H,5-9,12H2,1-4H3. The van der Waals surface area contributed by atoms with Gasteiger partial charge in [0.15, 0.2) is 11.4 Å². The Kier molecular flexibility index (Phi) is 6.26. The zero-order valence-corrected chi connectivity index (χ0v) is 24.8. The molecule has 2 fully saturated rings. The van der Waals surface area contributed by atoms with Gasteiger partial charge in [-0.3, -0.25) is 4.98 Å². The number of nitrogens with zero attached hydrogens (tertiary/aromatic N) is 5. The Hall–Kier alpha value is -2.46. The summed E-state index contributed by atoms with van der Waals surface area (Å²) >= 11 is 10.2. The highest BCUT2D eigenvalue weighted by Crippen LogP contribution is 2.52. The first-order chi connectivity index (χ1) is 18.8. The number of thioether (sulfide) groups is 1. The number of thiophene rings is 1. The van der Waals surface area contributed by atoms with E-state index in [4.69, 9.17) is 41.1 Å². The molecule has 1 aromatic carbocycles. The highest BCUT2D eigenvalue weighted by molar-refractivity contribution is 7.98. The topological polar surface area (TPSA) is 75.0 Å². The molecule has 4 aromatic heterocycles. The minimum atomic E-state index is -0.394. The lowest BCUT2D eigenvalue weighted by Gasteiger charge is -2.24. The lowest BCUT2D eigenvalue weighted by Crippen LogP contribution is -2.23. The van der Waals surface area contributed by atoms with Gasteiger partial charge in [0.25, 0.3) is 0 Å². The van der Waals surface area contributed by atoms with Crippen LogP contribution in [0.3, 0.4) is 0 Å². The SMILES string of the molecule is CSc1nc(OC(C)(C)C)c2c(n1)sc1c(-c3c(C4CC4)c(Cl)cc4c3cnn4C3CCCCO3)nccc12. The third-order valence-corrected chi connectivity index (χ3v) is 9.29. The van der Waals surface area contributed by atoms with E-state index in [0.717, 1.165) is 86.2 Å². The van der Waals surface area contributed by atoms with Gasteiger partial charge in [-0.25, -0.2) is 9.67 Å². The average molecular weight is 580 g/mol. The number of aromatic nitrogens is 5. The first-order valence-electron chi connectivity index (χ1n) is 13.5. The van der Waals surface area contributed by atoms with E-state index in [1.165, 1.54) is 17.3 Å². The summed E-state index contributed by atoms with van der Waals surface area (Å²) in [5.41, 5.74) is 3.77. The van der Waals surface area contributed by atoms with E-state index < -0.39 is 5.60 Å². The van der Waals surface area contributed by atoms with E-state index in [2.05, 4.69) is 6.07 Å². The molecule has 39 heavy (non-hydrogen) atoms. The summed E-state index contributed by atoms with van der Waals surface area (Å²) < 4.78 is 15.6. The molecule has 5 heterocycles. The van der Waals surface area contributed by atoms with E-state index in [-0.39, 0.29) is 6.23 Å². The smallest absolute Gasteiger partial charge is 0.227 e. The Morgan fingerprint density at radius 1 is 1.15 bits per heavy atom. The maximum Gasteiger partial charge on any atom is 0.227 e. The Labute approximate surface area is 240 Å². The van der Waals surface area contributed by atoms with Crippen LogP contribution in [0.25, 0.3) is 42.5 Å². The van der Waals surface area contributed by atoms with Crippen LogP contribution in [0.1, 0.15) is 70.6 Å². The summed E-state index contributed by atoms with van der Waals surface area (Å²) in [5, 5.41) is 9.35. The second-order valence-electron chi connectivity index (χ2n) is 11.3. The van der Waals surface area contributed by atoms with Gasteiger partial charge in [-0.1, -0.05) is 23.4 Å². The molecule has 1 saturated carbocycles. The minimum Gasteiger partial charge on any atom is -0.471 e. The summed E-state index contributed by atoms with van der Waals surface area (Å²) in [6, 6.07) is 4.13. The van der Waals surface area contributed by atoms with Crippen LogP contribution in [-0.4, -0.2) is 43.2 Å². The van der Waals surface area contributed by atoms with Crippen LogP contribution in [0.15, 0.2) is 29.7 Å². The zero-order chi connectivity index (χ0) is 26.9. The molecular formula is C29H30ClN5O2S2. The van der Waals surface area contributed by atoms with Crippen molar-refractivity contribution in [2.24, 2.45) is 0 Å². The van der Waals surface area contributed by atoms with Gasteiger partial charge in [-0.05, 0) is 82.7 Å². The van der Waals surface area contributed by atoms with Crippen LogP contribution in [0.5, 0.6) is 5.88 Å². The summed E-state index contributed by atoms with van der Waals surface area (Å²) in [5.74, 6) is 1.04. The Morgan fingerprint density at radius 3 is 2.72 bits per heavy atom. The van der Waals surface area contributed by atoms with Crippen LogP contribution in [0.2, 0.25) is 5.02 Å². The first-order valence-corrected chi connectivity index (χ1v) is 15.9. The fourth-order valence-corrected chi connectivity index (χ4v) is 7.45. The van der Waals surface area contributed by atoms with Crippen molar-refractivity contribution in [2.45, 2.75) is 75.8 Å². The third kappa shape index (κ3) is 4.47. The van der Waals surface area contributed by atoms with Crippen molar-refractivity contribution in [1.82, 2.24) is 24.7 Å². The quantitative estimate of drug-likeness (QED) is 0.153. The van der Waals surface area contributed by atoms with E-state index >= 15 is 0 Å². The Balaban J connectivity index is 1.51. The molecule has 0 spiro atoms. The Bertz CT molecular complexity index is 1730. The lowest BCUT2D eigenvalue weighted by molar-refractivity contribution is -0.0366. The van der Waals surface area contributed by atoms with Crippen LogP contribution >= 0.6 is 34.7 Å². The molecule has 202 valence electrons. The first kappa shape index (κ1) is 25.5. The van der Waals surface area contributed by atoms with Gasteiger partial charge in [0.1, 0.15) is 10.4 Å². The zero-order valence-electron chi connectivity index (χ0n) is 22.5. The van der Waals surface area contributed by atoms with Crippen LogP contribution < -0.4 is 4.74 Å². The van der Waals surface area contributed by atoms with Gasteiger partial charge < -0.3 is 9.47 Å². The number of hydrogen-bond acceptors (Lipinski definition) is 8. The third-order valence-electron chi connectivity index (χ3n) is 7.32. The van der Waals surface area contributed by atoms with Gasteiger partial charge in [-0.2, -0.15) is 10.1 Å². The second kappa shape index (κ2) is 9.58. The number of pyridine rings is 1. The molecule has 7 nitrogen and oxygen atoms in total. The molecule has 0 radical (unpaired) electrons. The largest absolute Gasteiger partial charge is 0.471 e. The van der Waals surface area contributed by atoms with Gasteiger partial charge in [0.2, 0.25) is 5.88 Å². The van der Waals surface area contributed by atoms with E-state index in [0.29, 0.717) is 17.0 Å². The van der Waals surface area contributed by atoms with Crippen molar-refractivity contribution in [3.63, 3.8) is 0 Å². The van der Waals surface area contributed by atoms with Crippen molar-refractivity contribution >= 4 is 65.9 Å². The molecule has 1 atom stereocenters. The van der Waals surface area contributed by atoms with Gasteiger partial charge in [-0.15, -0.1) is 11.3 Å². The van der Waals surface area contributed by atoms with Crippen molar-refractivity contribution in [2.75, 3.05) is 12.9 Å². The predicted molar refractivity (Wildman–Crippen MR) is 159 cm³/mol. The molecule has 10 heteroatoms. The molecule has 1 aliphatic carbocycles. The molecular weight excluding hydrogens is 550 g/mol. The fraction of sp³-hybridized carbons (Fsp3) is 0.448. The second-order valence-corrected chi connectivity index (χ2v) is 13.5. The fourth-order valence-electron chi connectivity index (χ4n) is 5.53. The normalized spacial score (nSPS) is 18.4. The number of halogens is 1. The van der Waals surface area contributed by atoms with E-state index in [1.807, 2.05) is 50.2 Å². The molecule has 1 aliphatic heterocycles. The number of rotatable bonds is 5. The van der Waals surface area contributed by atoms with Crippen molar-refractivity contribution < 1.29 is 9.47 Å². The molecule has 2 aliphatic rings. The number of hydrogen-bond donors (Lipinski definition) is 0. The van der Waals surface area contributed by atoms with Crippen molar-refractivity contribution in [3.05, 3.63) is 35.1 Å². The molecule has 7 rings (SSSR count). The highest BCUT2D eigenvalue weighted by Gasteiger charge is 2.33. The lowest BCUT2D eigenvalue weighted by atomic mass is 9.95. The molecule has 0 bridgehead atoms. The number of benzene rings is 1. The summed E-state index contributed by atoms with van der Waals surface area (Å²) in [6.45, 7) is 6.88. The maximum absolute atomic E-state index is 7.08. The average Bonchev–Trinajstić information content (AvgIpc) is 3.54. The molecule has 1 saturated heterocycles. The summed E-state index contributed by atoms with van der Waals surface area (Å²) in [6.07, 6.45) is 11.2. The van der Waals surface area contributed by atoms with Crippen molar-refractivity contribution in [1.29, 1.82) is 0 Å². The van der Waals surface area contributed by atoms with E-state index in [1.54, 1.807) is 11.3 Å². The number of ether oxygens (including phenoxy) is 2. The van der Waals surface area contributed by atoms with Gasteiger partial charge in [0.05, 0.1) is 27.5 Å². The van der Waals surface area contributed by atoms with Gasteiger partial charge >= 0.3 is 0 Å². The monoisotopic (exact) mass is 579 g/mol. The van der Waals surface area contributed by atoms with Crippen LogP contribution in [0.4, 0.5) is 0 Å². The predicted octanol–water partition coefficient (Wildman–Crippen LogP) is 8.39. The van der Waals surface area contributed by atoms with Gasteiger partial charge in [0, 0.05) is 34.2 Å². The molecule has 0 N–H and O–H groups in total. The Morgan fingerprint density at radius 2 is 2.00 bits per heavy atom. The van der Waals surface area contributed by atoms with E-state index in [9.17, 15) is 0 Å². The van der Waals surface area contributed by atoms with Crippen molar-refractivity contribution in [3.8, 4) is 17.1 Å². The molecule has 1 unspecified atom stereocenters. The molecule has 0 amide bonds. The number of fused-ring (bicyclic) bond motifs is 4. The van der Waals surface area contributed by atoms with Crippen LogP contribution in [0, 0.1) is 0 Å².